The molecule has 0 saturated carbocycles. The second-order valence-corrected chi connectivity index (χ2v) is 7.34. The van der Waals surface area contributed by atoms with Gasteiger partial charge in [-0.1, -0.05) is 43.3 Å². The number of para-hydroxylation sites is 2. The number of hydrogen-bond acceptors (Lipinski definition) is 6. The molecule has 2 aromatic heterocycles. The van der Waals surface area contributed by atoms with Gasteiger partial charge in [0.1, 0.15) is 6.54 Å². The number of nitrogens with zero attached hydrogens (tertiary/aromatic N) is 4. The van der Waals surface area contributed by atoms with Crippen LogP contribution < -0.4 is 10.7 Å². The molecule has 8 nitrogen and oxygen atoms in total. The van der Waals surface area contributed by atoms with E-state index in [1.54, 1.807) is 24.3 Å². The maximum Gasteiger partial charge on any atom is 0.260 e. The number of aryl methyl sites for hydroxylation is 1. The lowest BCUT2D eigenvalue weighted by atomic mass is 10.1. The highest BCUT2D eigenvalue weighted by atomic mass is 16.5. The molecular formula is C22H21N5O3. The molecule has 0 saturated heterocycles. The summed E-state index contributed by atoms with van der Waals surface area (Å²) >= 11 is 0. The van der Waals surface area contributed by atoms with E-state index in [9.17, 15) is 9.59 Å². The van der Waals surface area contributed by atoms with Gasteiger partial charge < -0.3 is 9.84 Å². The van der Waals surface area contributed by atoms with E-state index in [1.807, 2.05) is 39.0 Å². The molecule has 0 bridgehead atoms. The van der Waals surface area contributed by atoms with Crippen LogP contribution in [0.15, 0.2) is 58.0 Å². The van der Waals surface area contributed by atoms with Gasteiger partial charge in [0.05, 0.1) is 23.0 Å². The second kappa shape index (κ2) is 7.90. The Bertz CT molecular complexity index is 1290. The number of amides is 1. The summed E-state index contributed by atoms with van der Waals surface area (Å²) in [7, 11) is 0. The molecule has 0 fully saturated rings. The van der Waals surface area contributed by atoms with Gasteiger partial charge in [0.2, 0.25) is 11.3 Å². The number of carbonyl (C=O) groups excluding carboxylic acids is 1. The molecule has 0 aliphatic heterocycles. The third-order valence-electron chi connectivity index (χ3n) is 4.78. The van der Waals surface area contributed by atoms with E-state index in [-0.39, 0.29) is 23.8 Å². The number of anilines is 1. The fourth-order valence-corrected chi connectivity index (χ4v) is 3.19. The summed E-state index contributed by atoms with van der Waals surface area (Å²) < 4.78 is 6.92. The van der Waals surface area contributed by atoms with Crippen molar-refractivity contribution in [3.8, 4) is 11.5 Å². The Morgan fingerprint density at radius 1 is 1.17 bits per heavy atom. The Hall–Kier alpha value is -3.81. The molecule has 4 rings (SSSR count). The van der Waals surface area contributed by atoms with Crippen molar-refractivity contribution < 1.29 is 9.32 Å². The first-order valence-corrected chi connectivity index (χ1v) is 9.62. The molecule has 152 valence electrons. The topological polar surface area (TPSA) is 103 Å². The summed E-state index contributed by atoms with van der Waals surface area (Å²) in [6.45, 7) is 5.81. The number of hydrogen-bond donors (Lipinski definition) is 1. The van der Waals surface area contributed by atoms with E-state index in [4.69, 9.17) is 4.52 Å². The maximum absolute atomic E-state index is 12.8. The van der Waals surface area contributed by atoms with Crippen LogP contribution in [0.4, 0.5) is 5.69 Å². The largest absolute Gasteiger partial charge is 0.334 e. The van der Waals surface area contributed by atoms with Crippen molar-refractivity contribution in [2.75, 3.05) is 5.32 Å². The molecular weight excluding hydrogens is 382 g/mol. The average Bonchev–Trinajstić information content (AvgIpc) is 3.22. The number of aromatic nitrogens is 4. The van der Waals surface area contributed by atoms with Gasteiger partial charge >= 0.3 is 0 Å². The molecule has 1 N–H and O–H groups in total. The van der Waals surface area contributed by atoms with E-state index in [1.165, 1.54) is 10.9 Å². The van der Waals surface area contributed by atoms with Crippen LogP contribution >= 0.6 is 0 Å². The zero-order valence-corrected chi connectivity index (χ0v) is 16.9. The molecule has 0 atom stereocenters. The zero-order chi connectivity index (χ0) is 21.3. The van der Waals surface area contributed by atoms with Crippen LogP contribution in [0.2, 0.25) is 0 Å². The van der Waals surface area contributed by atoms with Gasteiger partial charge in [-0.2, -0.15) is 10.1 Å². The SMILES string of the molecule is Cc1cccc(-c2nc(C(C)C)no2)c1NC(=O)Cn1ncc(=O)c2ccccc21. The minimum absolute atomic E-state index is 0.0460. The van der Waals surface area contributed by atoms with Crippen LogP contribution in [-0.4, -0.2) is 25.8 Å². The zero-order valence-electron chi connectivity index (χ0n) is 16.9. The van der Waals surface area contributed by atoms with Crippen molar-refractivity contribution in [3.63, 3.8) is 0 Å². The highest BCUT2D eigenvalue weighted by Gasteiger charge is 2.18. The van der Waals surface area contributed by atoms with Crippen LogP contribution in [0.25, 0.3) is 22.4 Å². The minimum Gasteiger partial charge on any atom is -0.334 e. The van der Waals surface area contributed by atoms with Crippen LogP contribution in [0, 0.1) is 6.92 Å². The fraction of sp³-hybridized carbons (Fsp3) is 0.227. The van der Waals surface area contributed by atoms with Gasteiger partial charge in [-0.25, -0.2) is 0 Å². The summed E-state index contributed by atoms with van der Waals surface area (Å²) in [5.74, 6) is 0.804. The predicted molar refractivity (Wildman–Crippen MR) is 113 cm³/mol. The summed E-state index contributed by atoms with van der Waals surface area (Å²) in [6, 6.07) is 12.7. The Balaban J connectivity index is 1.64. The molecule has 0 aliphatic rings. The lowest BCUT2D eigenvalue weighted by Gasteiger charge is -2.13. The van der Waals surface area contributed by atoms with Gasteiger partial charge in [-0.05, 0) is 30.7 Å². The summed E-state index contributed by atoms with van der Waals surface area (Å²) in [4.78, 5) is 29.3. The summed E-state index contributed by atoms with van der Waals surface area (Å²) in [6.07, 6.45) is 1.22. The van der Waals surface area contributed by atoms with Crippen molar-refractivity contribution in [1.29, 1.82) is 0 Å². The highest BCUT2D eigenvalue weighted by Crippen LogP contribution is 2.30. The quantitative estimate of drug-likeness (QED) is 0.547. The van der Waals surface area contributed by atoms with Crippen LogP contribution in [0.5, 0.6) is 0 Å². The van der Waals surface area contributed by atoms with Gasteiger partial charge in [0.15, 0.2) is 5.82 Å². The van der Waals surface area contributed by atoms with Gasteiger partial charge in [0, 0.05) is 11.3 Å². The van der Waals surface area contributed by atoms with E-state index in [0.717, 1.165) is 5.56 Å². The Labute approximate surface area is 172 Å². The van der Waals surface area contributed by atoms with Crippen molar-refractivity contribution in [1.82, 2.24) is 19.9 Å². The Kier molecular flexibility index (Phi) is 5.14. The molecule has 2 heterocycles. The van der Waals surface area contributed by atoms with Crippen molar-refractivity contribution in [2.45, 2.75) is 33.2 Å². The maximum atomic E-state index is 12.8. The number of benzene rings is 2. The lowest BCUT2D eigenvalue weighted by molar-refractivity contribution is -0.116. The normalized spacial score (nSPS) is 11.2. The van der Waals surface area contributed by atoms with Crippen LogP contribution in [0.1, 0.15) is 31.2 Å². The van der Waals surface area contributed by atoms with E-state index in [2.05, 4.69) is 20.6 Å². The second-order valence-electron chi connectivity index (χ2n) is 7.34. The summed E-state index contributed by atoms with van der Waals surface area (Å²) in [5, 5.41) is 11.6. The van der Waals surface area contributed by atoms with E-state index in [0.29, 0.717) is 33.9 Å². The van der Waals surface area contributed by atoms with Crippen molar-refractivity contribution in [2.24, 2.45) is 0 Å². The molecule has 0 unspecified atom stereocenters. The van der Waals surface area contributed by atoms with E-state index < -0.39 is 0 Å². The molecule has 4 aromatic rings. The predicted octanol–water partition coefficient (Wildman–Crippen LogP) is 3.52. The molecule has 0 aliphatic carbocycles. The first-order valence-electron chi connectivity index (χ1n) is 9.62. The fourth-order valence-electron chi connectivity index (χ4n) is 3.19. The molecule has 2 aromatic carbocycles. The molecule has 0 radical (unpaired) electrons. The number of rotatable bonds is 5. The average molecular weight is 403 g/mol. The standard InChI is InChI=1S/C22H21N5O3/c1-13(2)21-25-22(30-26-21)16-9-6-7-14(3)20(16)24-19(29)12-27-17-10-5-4-8-15(17)18(28)11-23-27/h4-11,13H,12H2,1-3H3,(H,24,29). The first-order chi connectivity index (χ1) is 14.4. The number of fused-ring (bicyclic) bond motifs is 1. The van der Waals surface area contributed by atoms with Gasteiger partial charge in [0.25, 0.3) is 5.89 Å². The van der Waals surface area contributed by atoms with Crippen molar-refractivity contribution in [3.05, 3.63) is 70.3 Å². The minimum atomic E-state index is -0.282. The molecule has 0 spiro atoms. The first kappa shape index (κ1) is 19.5. The molecule has 30 heavy (non-hydrogen) atoms. The van der Waals surface area contributed by atoms with Crippen molar-refractivity contribution >= 4 is 22.5 Å². The summed E-state index contributed by atoms with van der Waals surface area (Å²) in [5.41, 5.74) is 2.54. The monoisotopic (exact) mass is 403 g/mol. The molecule has 8 heteroatoms. The molecule has 1 amide bonds. The van der Waals surface area contributed by atoms with Gasteiger partial charge in [-0.15, -0.1) is 0 Å². The third-order valence-corrected chi connectivity index (χ3v) is 4.78. The lowest BCUT2D eigenvalue weighted by Crippen LogP contribution is -2.23. The Morgan fingerprint density at radius 3 is 2.73 bits per heavy atom. The highest BCUT2D eigenvalue weighted by molar-refractivity contribution is 5.96. The number of carbonyl (C=O) groups is 1. The van der Waals surface area contributed by atoms with Gasteiger partial charge in [-0.3, -0.25) is 14.3 Å². The Morgan fingerprint density at radius 2 is 1.97 bits per heavy atom. The van der Waals surface area contributed by atoms with Crippen LogP contribution in [0.3, 0.4) is 0 Å². The van der Waals surface area contributed by atoms with E-state index >= 15 is 0 Å². The smallest absolute Gasteiger partial charge is 0.260 e. The third kappa shape index (κ3) is 3.71. The number of nitrogens with one attached hydrogen (secondary N) is 1. The van der Waals surface area contributed by atoms with Crippen LogP contribution in [-0.2, 0) is 11.3 Å².